The van der Waals surface area contributed by atoms with Crippen molar-refractivity contribution in [1.82, 2.24) is 14.5 Å². The number of aromatic amines is 1. The maximum atomic E-state index is 12.2. The summed E-state index contributed by atoms with van der Waals surface area (Å²) in [4.78, 5) is 17.4. The monoisotopic (exact) mass is 275 g/mol. The van der Waals surface area contributed by atoms with Gasteiger partial charge < -0.3 is 10.1 Å². The highest BCUT2D eigenvalue weighted by molar-refractivity contribution is 5.81. The molecule has 0 aliphatic carbocycles. The van der Waals surface area contributed by atoms with Gasteiger partial charge in [-0.25, -0.2) is 4.79 Å². The zero-order valence-electron chi connectivity index (χ0n) is 12.0. The Kier molecular flexibility index (Phi) is 3.30. The van der Waals surface area contributed by atoms with Crippen molar-refractivity contribution >= 4 is 11.0 Å². The zero-order valence-corrected chi connectivity index (χ0v) is 12.0. The lowest BCUT2D eigenvalue weighted by molar-refractivity contribution is 0.143. The molecule has 20 heavy (non-hydrogen) atoms. The second-order valence-corrected chi connectivity index (χ2v) is 5.86. The van der Waals surface area contributed by atoms with E-state index in [2.05, 4.69) is 23.7 Å². The van der Waals surface area contributed by atoms with Gasteiger partial charge in [-0.05, 0) is 45.4 Å². The van der Waals surface area contributed by atoms with Crippen LogP contribution < -0.4 is 5.69 Å². The third-order valence-electron chi connectivity index (χ3n) is 4.25. The van der Waals surface area contributed by atoms with Crippen molar-refractivity contribution in [3.63, 3.8) is 0 Å². The number of rotatable bonds is 2. The molecule has 3 rings (SSSR count). The molecule has 1 aromatic carbocycles. The number of piperidine rings is 1. The molecule has 0 amide bonds. The molecule has 108 valence electrons. The number of likely N-dealkylation sites (tertiary alicyclic amines) is 1. The fourth-order valence-electron chi connectivity index (χ4n) is 3.16. The van der Waals surface area contributed by atoms with Crippen LogP contribution in [0.1, 0.15) is 32.7 Å². The summed E-state index contributed by atoms with van der Waals surface area (Å²) in [6.07, 6.45) is 2.10. The van der Waals surface area contributed by atoms with E-state index in [1.54, 1.807) is 12.1 Å². The van der Waals surface area contributed by atoms with Crippen LogP contribution in [0.15, 0.2) is 23.0 Å². The standard InChI is InChI=1S/C15H21N3O2/c1-10(2)17-8-4-5-11(9-17)18-12-6-3-7-13(19)14(12)16-15(18)20/h3,6-7,10-11,19H,4-5,8-9H2,1-2H3,(H,16,20). The van der Waals surface area contributed by atoms with E-state index in [0.717, 1.165) is 31.4 Å². The molecule has 2 aromatic rings. The summed E-state index contributed by atoms with van der Waals surface area (Å²) < 4.78 is 1.81. The van der Waals surface area contributed by atoms with Gasteiger partial charge in [0.1, 0.15) is 11.3 Å². The third-order valence-corrected chi connectivity index (χ3v) is 4.25. The predicted octanol–water partition coefficient (Wildman–Crippen LogP) is 2.08. The number of H-pyrrole nitrogens is 1. The smallest absolute Gasteiger partial charge is 0.326 e. The van der Waals surface area contributed by atoms with Crippen LogP contribution in [0.25, 0.3) is 11.0 Å². The second-order valence-electron chi connectivity index (χ2n) is 5.86. The minimum absolute atomic E-state index is 0.128. The number of aromatic nitrogens is 2. The zero-order chi connectivity index (χ0) is 14.3. The number of nitrogens with one attached hydrogen (secondary N) is 1. The van der Waals surface area contributed by atoms with E-state index in [4.69, 9.17) is 0 Å². The first-order chi connectivity index (χ1) is 9.58. The van der Waals surface area contributed by atoms with Crippen molar-refractivity contribution in [2.75, 3.05) is 13.1 Å². The van der Waals surface area contributed by atoms with Gasteiger partial charge in [0.05, 0.1) is 11.6 Å². The van der Waals surface area contributed by atoms with Crippen LogP contribution in [0.2, 0.25) is 0 Å². The fourth-order valence-corrected chi connectivity index (χ4v) is 3.16. The molecule has 2 N–H and O–H groups in total. The van der Waals surface area contributed by atoms with Crippen molar-refractivity contribution in [2.45, 2.75) is 38.8 Å². The van der Waals surface area contributed by atoms with Gasteiger partial charge in [-0.3, -0.25) is 9.47 Å². The topological polar surface area (TPSA) is 61.3 Å². The molecule has 1 saturated heterocycles. The molecular formula is C15H21N3O2. The highest BCUT2D eigenvalue weighted by Crippen LogP contribution is 2.27. The van der Waals surface area contributed by atoms with Gasteiger partial charge in [0, 0.05) is 12.6 Å². The Hall–Kier alpha value is -1.75. The average Bonchev–Trinajstić information content (AvgIpc) is 2.77. The van der Waals surface area contributed by atoms with E-state index in [9.17, 15) is 9.90 Å². The molecular weight excluding hydrogens is 254 g/mol. The highest BCUT2D eigenvalue weighted by atomic mass is 16.3. The number of hydrogen-bond donors (Lipinski definition) is 2. The predicted molar refractivity (Wildman–Crippen MR) is 79.2 cm³/mol. The normalized spacial score (nSPS) is 20.9. The number of imidazole rings is 1. The molecule has 5 nitrogen and oxygen atoms in total. The largest absolute Gasteiger partial charge is 0.506 e. The van der Waals surface area contributed by atoms with E-state index in [0.29, 0.717) is 11.6 Å². The Labute approximate surface area is 117 Å². The van der Waals surface area contributed by atoms with E-state index in [1.165, 1.54) is 0 Å². The summed E-state index contributed by atoms with van der Waals surface area (Å²) in [6, 6.07) is 5.94. The van der Waals surface area contributed by atoms with Crippen molar-refractivity contribution in [1.29, 1.82) is 0 Å². The number of fused-ring (bicyclic) bond motifs is 1. The molecule has 0 saturated carbocycles. The summed E-state index contributed by atoms with van der Waals surface area (Å²) >= 11 is 0. The van der Waals surface area contributed by atoms with Crippen molar-refractivity contribution in [2.24, 2.45) is 0 Å². The van der Waals surface area contributed by atoms with Crippen molar-refractivity contribution in [3.05, 3.63) is 28.7 Å². The molecule has 1 unspecified atom stereocenters. The van der Waals surface area contributed by atoms with Crippen LogP contribution in [0.4, 0.5) is 0 Å². The Morgan fingerprint density at radius 1 is 1.40 bits per heavy atom. The molecule has 2 heterocycles. The van der Waals surface area contributed by atoms with Crippen molar-refractivity contribution < 1.29 is 5.11 Å². The maximum Gasteiger partial charge on any atom is 0.326 e. The summed E-state index contributed by atoms with van der Waals surface area (Å²) in [5.41, 5.74) is 1.21. The third kappa shape index (κ3) is 2.12. The highest BCUT2D eigenvalue weighted by Gasteiger charge is 2.25. The van der Waals surface area contributed by atoms with Gasteiger partial charge in [-0.15, -0.1) is 0 Å². The van der Waals surface area contributed by atoms with Gasteiger partial charge in [0.2, 0.25) is 0 Å². The van der Waals surface area contributed by atoms with Crippen LogP contribution in [0.5, 0.6) is 5.75 Å². The minimum atomic E-state index is -0.128. The first kappa shape index (κ1) is 13.2. The molecule has 0 bridgehead atoms. The molecule has 0 spiro atoms. The number of para-hydroxylation sites is 1. The van der Waals surface area contributed by atoms with Gasteiger partial charge in [0.15, 0.2) is 0 Å². The molecule has 1 fully saturated rings. The Balaban J connectivity index is 2.04. The van der Waals surface area contributed by atoms with Gasteiger partial charge in [-0.1, -0.05) is 6.07 Å². The SMILES string of the molecule is CC(C)N1CCCC(n2c(=O)[nH]c3c(O)cccc32)C1. The van der Waals surface area contributed by atoms with Crippen molar-refractivity contribution in [3.8, 4) is 5.75 Å². The lowest BCUT2D eigenvalue weighted by atomic mass is 10.0. The molecule has 1 aromatic heterocycles. The summed E-state index contributed by atoms with van der Waals surface area (Å²) in [5, 5.41) is 9.85. The van der Waals surface area contributed by atoms with E-state index in [-0.39, 0.29) is 17.5 Å². The molecule has 1 aliphatic rings. The Morgan fingerprint density at radius 2 is 2.20 bits per heavy atom. The van der Waals surface area contributed by atoms with Gasteiger partial charge in [-0.2, -0.15) is 0 Å². The van der Waals surface area contributed by atoms with Gasteiger partial charge in [0.25, 0.3) is 0 Å². The number of nitrogens with zero attached hydrogens (tertiary/aromatic N) is 2. The lowest BCUT2D eigenvalue weighted by Gasteiger charge is -2.35. The number of aromatic hydroxyl groups is 1. The number of phenolic OH excluding ortho intramolecular Hbond substituents is 1. The van der Waals surface area contributed by atoms with Crippen LogP contribution >= 0.6 is 0 Å². The minimum Gasteiger partial charge on any atom is -0.506 e. The van der Waals surface area contributed by atoms with Crippen LogP contribution in [0.3, 0.4) is 0 Å². The number of benzene rings is 1. The first-order valence-electron chi connectivity index (χ1n) is 7.24. The quantitative estimate of drug-likeness (QED) is 0.882. The summed E-state index contributed by atoms with van der Waals surface area (Å²) in [7, 11) is 0. The molecule has 1 atom stereocenters. The second kappa shape index (κ2) is 4.98. The first-order valence-corrected chi connectivity index (χ1v) is 7.24. The Bertz CT molecular complexity index is 671. The number of phenols is 1. The maximum absolute atomic E-state index is 12.2. The fraction of sp³-hybridized carbons (Fsp3) is 0.533. The van der Waals surface area contributed by atoms with Gasteiger partial charge >= 0.3 is 5.69 Å². The molecule has 0 radical (unpaired) electrons. The van der Waals surface area contributed by atoms with E-state index >= 15 is 0 Å². The summed E-state index contributed by atoms with van der Waals surface area (Å²) in [5.74, 6) is 0.134. The average molecular weight is 275 g/mol. The lowest BCUT2D eigenvalue weighted by Crippen LogP contribution is -2.42. The van der Waals surface area contributed by atoms with Crippen LogP contribution in [-0.2, 0) is 0 Å². The number of hydrogen-bond acceptors (Lipinski definition) is 3. The summed E-state index contributed by atoms with van der Waals surface area (Å²) in [6.45, 7) is 6.36. The Morgan fingerprint density at radius 3 is 2.95 bits per heavy atom. The molecule has 1 aliphatic heterocycles. The van der Waals surface area contributed by atoms with Crippen LogP contribution in [0, 0.1) is 0 Å². The molecule has 5 heteroatoms. The van der Waals surface area contributed by atoms with E-state index in [1.807, 2.05) is 10.6 Å². The van der Waals surface area contributed by atoms with E-state index < -0.39 is 0 Å². The van der Waals surface area contributed by atoms with Crippen LogP contribution in [-0.4, -0.2) is 38.7 Å².